The average molecular weight is 565 g/mol. The van der Waals surface area contributed by atoms with Crippen LogP contribution in [0.15, 0.2) is 58.8 Å². The van der Waals surface area contributed by atoms with Crippen molar-refractivity contribution < 1.29 is 9.59 Å². The monoisotopic (exact) mass is 564 g/mol. The molecule has 2 aromatic heterocycles. The molecule has 0 atom stereocenters. The Morgan fingerprint density at radius 2 is 1.32 bits per heavy atom. The number of benzene rings is 1. The number of anilines is 2. The van der Waals surface area contributed by atoms with Crippen LogP contribution in [0.2, 0.25) is 0 Å². The Kier molecular flexibility index (Phi) is 12.5. The van der Waals surface area contributed by atoms with Crippen LogP contribution >= 0.6 is 0 Å². The fourth-order valence-electron chi connectivity index (χ4n) is 3.80. The first-order valence-corrected chi connectivity index (χ1v) is 13.6. The minimum atomic E-state index is -0.196. The number of nitrogens with zero attached hydrogens (tertiary/aromatic N) is 4. The van der Waals surface area contributed by atoms with Gasteiger partial charge in [-0.1, -0.05) is 27.7 Å². The van der Waals surface area contributed by atoms with Crippen molar-refractivity contribution in [1.82, 2.24) is 9.13 Å². The molecular formula is C29H44N10O2. The molecule has 3 rings (SSSR count). The maximum absolute atomic E-state index is 12.7. The second-order valence-corrected chi connectivity index (χ2v) is 10.4. The molecule has 10 N–H and O–H groups in total. The van der Waals surface area contributed by atoms with E-state index in [1.165, 1.54) is 0 Å². The Morgan fingerprint density at radius 1 is 0.829 bits per heavy atom. The molecule has 0 aliphatic heterocycles. The highest BCUT2D eigenvalue weighted by atomic mass is 16.2. The molecule has 0 aliphatic carbocycles. The normalized spacial score (nSPS) is 10.5. The SMILES string of the molecule is CC(C)CCn1cc(N=C(N)N)cc1C=O.CNc1ccc(NC(=O)c2cc(N=C(N)N)cn2CCC(C)C)cc1. The largest absolute Gasteiger partial charge is 0.388 e. The lowest BCUT2D eigenvalue weighted by Crippen LogP contribution is -2.21. The van der Waals surface area contributed by atoms with Crippen LogP contribution in [0.5, 0.6) is 0 Å². The first-order chi connectivity index (χ1) is 19.4. The van der Waals surface area contributed by atoms with Gasteiger partial charge in [0, 0.05) is 43.9 Å². The zero-order valence-electron chi connectivity index (χ0n) is 24.6. The molecule has 1 aromatic carbocycles. The van der Waals surface area contributed by atoms with E-state index in [0.29, 0.717) is 34.6 Å². The molecule has 0 radical (unpaired) electrons. The molecule has 0 saturated heterocycles. The lowest BCUT2D eigenvalue weighted by atomic mass is 10.1. The highest BCUT2D eigenvalue weighted by Gasteiger charge is 2.15. The second-order valence-electron chi connectivity index (χ2n) is 10.4. The number of aliphatic imine (C=N–C) groups is 2. The molecule has 2 heterocycles. The highest BCUT2D eigenvalue weighted by Crippen LogP contribution is 2.21. The van der Waals surface area contributed by atoms with Gasteiger partial charge in [0.25, 0.3) is 5.91 Å². The third kappa shape index (κ3) is 11.1. The van der Waals surface area contributed by atoms with Crippen LogP contribution in [0.3, 0.4) is 0 Å². The fraction of sp³-hybridized carbons (Fsp3) is 0.379. The number of hydrogen-bond donors (Lipinski definition) is 6. The number of aryl methyl sites for hydroxylation is 2. The minimum absolute atomic E-state index is 0.00143. The molecule has 0 spiro atoms. The standard InChI is InChI=1S/C18H26N6O.C11H18N4O/c1-12(2)8-9-24-11-15(23-18(19)20)10-16(24)17(25)22-14-6-4-13(21-3)5-7-14;1-8(2)3-4-15-6-9(14-11(12)13)5-10(15)7-16/h4-7,10-12,21H,8-9H2,1-3H3,(H,22,25)(H4,19,20,23);5-8H,3-4H2,1-2H3,(H4,12,13,14). The van der Waals surface area contributed by atoms with E-state index in [4.69, 9.17) is 22.9 Å². The summed E-state index contributed by atoms with van der Waals surface area (Å²) in [5.74, 6) is 0.888. The lowest BCUT2D eigenvalue weighted by Gasteiger charge is -2.11. The third-order valence-corrected chi connectivity index (χ3v) is 5.99. The number of nitrogens with two attached hydrogens (primary N) is 4. The van der Waals surface area contributed by atoms with Crippen molar-refractivity contribution in [1.29, 1.82) is 0 Å². The summed E-state index contributed by atoms with van der Waals surface area (Å²) in [6.07, 6.45) is 6.35. The van der Waals surface area contributed by atoms with E-state index in [0.717, 1.165) is 43.6 Å². The van der Waals surface area contributed by atoms with E-state index in [2.05, 4.69) is 48.3 Å². The van der Waals surface area contributed by atoms with Gasteiger partial charge in [-0.25, -0.2) is 9.98 Å². The van der Waals surface area contributed by atoms with Crippen LogP contribution in [0.4, 0.5) is 22.7 Å². The Hall–Kier alpha value is -4.74. The number of carbonyl (C=O) groups excluding carboxylic acids is 2. The van der Waals surface area contributed by atoms with Gasteiger partial charge in [0.1, 0.15) is 5.69 Å². The van der Waals surface area contributed by atoms with Crippen LogP contribution in [-0.2, 0) is 13.1 Å². The predicted octanol–water partition coefficient (Wildman–Crippen LogP) is 3.98. The van der Waals surface area contributed by atoms with Gasteiger partial charge in [-0.15, -0.1) is 0 Å². The highest BCUT2D eigenvalue weighted by molar-refractivity contribution is 6.04. The summed E-state index contributed by atoms with van der Waals surface area (Å²) >= 11 is 0. The zero-order chi connectivity index (χ0) is 30.5. The van der Waals surface area contributed by atoms with E-state index in [1.807, 2.05) is 40.4 Å². The zero-order valence-corrected chi connectivity index (χ0v) is 24.6. The minimum Gasteiger partial charge on any atom is -0.388 e. The van der Waals surface area contributed by atoms with Crippen molar-refractivity contribution in [3.8, 4) is 0 Å². The predicted molar refractivity (Wildman–Crippen MR) is 168 cm³/mol. The molecule has 41 heavy (non-hydrogen) atoms. The summed E-state index contributed by atoms with van der Waals surface area (Å²) < 4.78 is 3.76. The summed E-state index contributed by atoms with van der Waals surface area (Å²) in [5.41, 5.74) is 25.5. The molecule has 0 unspecified atom stereocenters. The van der Waals surface area contributed by atoms with Crippen molar-refractivity contribution in [2.24, 2.45) is 44.8 Å². The van der Waals surface area contributed by atoms with Gasteiger partial charge in [0.15, 0.2) is 18.2 Å². The molecule has 0 bridgehead atoms. The number of aromatic nitrogens is 2. The molecular weight excluding hydrogens is 520 g/mol. The summed E-state index contributed by atoms with van der Waals surface area (Å²) in [6.45, 7) is 10.1. The molecule has 1 amide bonds. The van der Waals surface area contributed by atoms with Gasteiger partial charge in [-0.3, -0.25) is 9.59 Å². The lowest BCUT2D eigenvalue weighted by molar-refractivity contribution is 0.101. The Bertz CT molecular complexity index is 1330. The molecule has 222 valence electrons. The molecule has 0 fully saturated rings. The fourth-order valence-corrected chi connectivity index (χ4v) is 3.80. The summed E-state index contributed by atoms with van der Waals surface area (Å²) in [7, 11) is 1.85. The number of aldehydes is 1. The maximum atomic E-state index is 12.7. The van der Waals surface area contributed by atoms with Gasteiger partial charge >= 0.3 is 0 Å². The number of amides is 1. The van der Waals surface area contributed by atoms with E-state index >= 15 is 0 Å². The number of rotatable bonds is 12. The van der Waals surface area contributed by atoms with Gasteiger partial charge < -0.3 is 42.7 Å². The first kappa shape index (κ1) is 32.5. The topological polar surface area (TPSA) is 197 Å². The Morgan fingerprint density at radius 3 is 1.80 bits per heavy atom. The molecule has 12 nitrogen and oxygen atoms in total. The number of hydrogen-bond acceptors (Lipinski definition) is 5. The smallest absolute Gasteiger partial charge is 0.272 e. The van der Waals surface area contributed by atoms with Gasteiger partial charge in [0.05, 0.1) is 17.1 Å². The van der Waals surface area contributed by atoms with Crippen LogP contribution in [0, 0.1) is 11.8 Å². The average Bonchev–Trinajstić information content (AvgIpc) is 3.49. The summed E-state index contributed by atoms with van der Waals surface area (Å²) in [6, 6.07) is 10.9. The summed E-state index contributed by atoms with van der Waals surface area (Å²) in [5, 5.41) is 5.95. The van der Waals surface area contributed by atoms with Crippen LogP contribution in [0.25, 0.3) is 0 Å². The van der Waals surface area contributed by atoms with Gasteiger partial charge in [-0.05, 0) is 61.1 Å². The Labute approximate surface area is 241 Å². The van der Waals surface area contributed by atoms with Crippen molar-refractivity contribution in [3.05, 3.63) is 60.2 Å². The van der Waals surface area contributed by atoms with E-state index in [1.54, 1.807) is 24.5 Å². The van der Waals surface area contributed by atoms with E-state index < -0.39 is 0 Å². The quantitative estimate of drug-likeness (QED) is 0.109. The number of nitrogens with one attached hydrogen (secondary N) is 2. The first-order valence-electron chi connectivity index (χ1n) is 13.6. The molecule has 0 saturated carbocycles. The van der Waals surface area contributed by atoms with Crippen LogP contribution in [0.1, 0.15) is 61.5 Å². The number of carbonyl (C=O) groups is 2. The maximum Gasteiger partial charge on any atom is 0.272 e. The van der Waals surface area contributed by atoms with Gasteiger partial charge in [0.2, 0.25) is 0 Å². The molecule has 12 heteroatoms. The summed E-state index contributed by atoms with van der Waals surface area (Å²) in [4.78, 5) is 31.5. The van der Waals surface area contributed by atoms with Crippen molar-refractivity contribution in [2.75, 3.05) is 17.7 Å². The van der Waals surface area contributed by atoms with E-state index in [-0.39, 0.29) is 17.8 Å². The van der Waals surface area contributed by atoms with Crippen LogP contribution in [-0.4, -0.2) is 40.3 Å². The molecule has 3 aromatic rings. The van der Waals surface area contributed by atoms with Crippen LogP contribution < -0.4 is 33.6 Å². The Balaban J connectivity index is 0.000000317. The van der Waals surface area contributed by atoms with Crippen molar-refractivity contribution in [2.45, 2.75) is 53.6 Å². The number of guanidine groups is 2. The van der Waals surface area contributed by atoms with Crippen molar-refractivity contribution in [3.63, 3.8) is 0 Å². The van der Waals surface area contributed by atoms with Gasteiger partial charge in [-0.2, -0.15) is 0 Å². The van der Waals surface area contributed by atoms with Crippen molar-refractivity contribution >= 4 is 46.9 Å². The van der Waals surface area contributed by atoms with E-state index in [9.17, 15) is 9.59 Å². The second kappa shape index (κ2) is 15.8. The third-order valence-electron chi connectivity index (χ3n) is 5.99. The molecule has 0 aliphatic rings.